The van der Waals surface area contributed by atoms with Crippen LogP contribution in [0.4, 0.5) is 5.13 Å². The van der Waals surface area contributed by atoms with Crippen LogP contribution in [0.15, 0.2) is 78.0 Å². The molecule has 6 nitrogen and oxygen atoms in total. The number of nitrogens with zero attached hydrogens (tertiary/aromatic N) is 3. The van der Waals surface area contributed by atoms with Gasteiger partial charge in [-0.1, -0.05) is 61.6 Å². The molecule has 4 rings (SSSR count). The number of rotatable bonds is 9. The first-order valence-corrected chi connectivity index (χ1v) is 13.7. The summed E-state index contributed by atoms with van der Waals surface area (Å²) in [5.74, 6) is 0.0717. The Bertz CT molecular complexity index is 1370. The van der Waals surface area contributed by atoms with Crippen molar-refractivity contribution in [3.05, 3.63) is 84.2 Å². The van der Waals surface area contributed by atoms with E-state index in [9.17, 15) is 13.2 Å². The molecule has 0 N–H and O–H groups in total. The Balaban J connectivity index is 1.57. The van der Waals surface area contributed by atoms with Gasteiger partial charge in [-0.25, -0.2) is 13.4 Å². The van der Waals surface area contributed by atoms with Gasteiger partial charge in [-0.2, -0.15) is 0 Å². The second-order valence-electron chi connectivity index (χ2n) is 8.42. The quantitative estimate of drug-likeness (QED) is 0.303. The van der Waals surface area contributed by atoms with Gasteiger partial charge in [0.25, 0.3) is 0 Å². The van der Waals surface area contributed by atoms with Crippen molar-refractivity contribution < 1.29 is 13.2 Å². The Kier molecular flexibility index (Phi) is 7.38. The lowest BCUT2D eigenvalue weighted by atomic mass is 10.0. The minimum Gasteiger partial charge on any atom is -0.284 e. The summed E-state index contributed by atoms with van der Waals surface area (Å²) in [5, 5.41) is 0.614. The van der Waals surface area contributed by atoms with Crippen LogP contribution in [0.25, 0.3) is 10.2 Å². The van der Waals surface area contributed by atoms with E-state index in [-0.39, 0.29) is 29.4 Å². The van der Waals surface area contributed by atoms with E-state index in [0.717, 1.165) is 21.3 Å². The van der Waals surface area contributed by atoms with Crippen molar-refractivity contribution in [2.75, 3.05) is 10.7 Å². The van der Waals surface area contributed by atoms with Crippen LogP contribution in [0.3, 0.4) is 0 Å². The van der Waals surface area contributed by atoms with Gasteiger partial charge in [-0.05, 0) is 47.7 Å². The van der Waals surface area contributed by atoms with Crippen molar-refractivity contribution in [3.63, 3.8) is 0 Å². The van der Waals surface area contributed by atoms with Gasteiger partial charge in [-0.3, -0.25) is 14.7 Å². The molecule has 4 aromatic rings. The molecule has 0 radical (unpaired) electrons. The molecule has 0 saturated heterocycles. The smallest absolute Gasteiger partial charge is 0.229 e. The van der Waals surface area contributed by atoms with Crippen LogP contribution in [-0.4, -0.2) is 30.0 Å². The van der Waals surface area contributed by atoms with Crippen LogP contribution in [0, 0.1) is 0 Å². The van der Waals surface area contributed by atoms with Crippen LogP contribution in [0.1, 0.15) is 43.7 Å². The molecule has 2 aromatic carbocycles. The first-order valence-electron chi connectivity index (χ1n) is 11.2. The number of para-hydroxylation sites is 1. The molecule has 1 amide bonds. The molecule has 2 heterocycles. The fourth-order valence-electron chi connectivity index (χ4n) is 3.77. The number of fused-ring (bicyclic) bond motifs is 1. The highest BCUT2D eigenvalue weighted by atomic mass is 32.2. The van der Waals surface area contributed by atoms with Crippen LogP contribution in [0.5, 0.6) is 0 Å². The van der Waals surface area contributed by atoms with Gasteiger partial charge in [0, 0.05) is 18.8 Å². The van der Waals surface area contributed by atoms with E-state index in [1.54, 1.807) is 47.6 Å². The number of pyridine rings is 1. The van der Waals surface area contributed by atoms with E-state index in [0.29, 0.717) is 17.6 Å². The molecule has 0 saturated carbocycles. The molecule has 34 heavy (non-hydrogen) atoms. The van der Waals surface area contributed by atoms with Crippen LogP contribution < -0.4 is 4.90 Å². The zero-order valence-electron chi connectivity index (χ0n) is 19.2. The summed E-state index contributed by atoms with van der Waals surface area (Å²) in [6.45, 7) is 4.58. The molecule has 0 aliphatic rings. The van der Waals surface area contributed by atoms with Gasteiger partial charge in [0.15, 0.2) is 15.0 Å². The summed E-state index contributed by atoms with van der Waals surface area (Å²) in [5.41, 5.74) is 2.94. The predicted molar refractivity (Wildman–Crippen MR) is 137 cm³/mol. The molecule has 2 aromatic heterocycles. The maximum atomic E-state index is 13.3. The largest absolute Gasteiger partial charge is 0.284 e. The van der Waals surface area contributed by atoms with E-state index in [1.807, 2.05) is 24.3 Å². The van der Waals surface area contributed by atoms with E-state index in [2.05, 4.69) is 24.9 Å². The minimum absolute atomic E-state index is 0.0825. The average molecular weight is 494 g/mol. The highest BCUT2D eigenvalue weighted by Gasteiger charge is 2.23. The van der Waals surface area contributed by atoms with E-state index < -0.39 is 9.84 Å². The van der Waals surface area contributed by atoms with Crippen molar-refractivity contribution in [2.45, 2.75) is 44.0 Å². The Morgan fingerprint density at radius 1 is 1.03 bits per heavy atom. The highest BCUT2D eigenvalue weighted by molar-refractivity contribution is 7.91. The SMILES string of the molecule is CC(C)c1cccc2sc(N(Cc3cccnc3)C(=O)CCCS(=O)(=O)c3ccccc3)nc12. The molecular formula is C26H27N3O3S2. The molecule has 8 heteroatoms. The van der Waals surface area contributed by atoms with Crippen LogP contribution >= 0.6 is 11.3 Å². The second kappa shape index (κ2) is 10.4. The third-order valence-electron chi connectivity index (χ3n) is 5.56. The Labute approximate surface area is 204 Å². The third kappa shape index (κ3) is 5.51. The number of carbonyl (C=O) groups is 1. The fraction of sp³-hybridized carbons (Fsp3) is 0.269. The van der Waals surface area contributed by atoms with Crippen molar-refractivity contribution in [3.8, 4) is 0 Å². The van der Waals surface area contributed by atoms with E-state index in [1.165, 1.54) is 11.3 Å². The Morgan fingerprint density at radius 2 is 1.82 bits per heavy atom. The summed E-state index contributed by atoms with van der Waals surface area (Å²) in [7, 11) is -3.43. The first kappa shape index (κ1) is 24.0. The molecule has 0 spiro atoms. The third-order valence-corrected chi connectivity index (χ3v) is 8.42. The van der Waals surface area contributed by atoms with Crippen molar-refractivity contribution in [1.29, 1.82) is 0 Å². The maximum Gasteiger partial charge on any atom is 0.229 e. The number of hydrogen-bond acceptors (Lipinski definition) is 6. The Morgan fingerprint density at radius 3 is 2.53 bits per heavy atom. The number of carbonyl (C=O) groups excluding carboxylic acids is 1. The van der Waals surface area contributed by atoms with E-state index in [4.69, 9.17) is 4.98 Å². The highest BCUT2D eigenvalue weighted by Crippen LogP contribution is 2.34. The van der Waals surface area contributed by atoms with Crippen LogP contribution in [0.2, 0.25) is 0 Å². The lowest BCUT2D eigenvalue weighted by Gasteiger charge is -2.20. The molecule has 0 aliphatic heterocycles. The van der Waals surface area contributed by atoms with Gasteiger partial charge >= 0.3 is 0 Å². The zero-order chi connectivity index (χ0) is 24.1. The normalized spacial score (nSPS) is 11.7. The van der Waals surface area contributed by atoms with Gasteiger partial charge in [0.1, 0.15) is 0 Å². The topological polar surface area (TPSA) is 80.2 Å². The molecular weight excluding hydrogens is 466 g/mol. The van der Waals surface area contributed by atoms with Crippen LogP contribution in [-0.2, 0) is 21.2 Å². The lowest BCUT2D eigenvalue weighted by molar-refractivity contribution is -0.118. The van der Waals surface area contributed by atoms with Gasteiger partial charge in [0.05, 0.1) is 27.4 Å². The number of anilines is 1. The number of benzene rings is 2. The summed E-state index contributed by atoms with van der Waals surface area (Å²) >= 11 is 1.48. The maximum absolute atomic E-state index is 13.3. The summed E-state index contributed by atoms with van der Waals surface area (Å²) in [6.07, 6.45) is 3.77. The summed E-state index contributed by atoms with van der Waals surface area (Å²) in [4.78, 5) is 24.3. The van der Waals surface area contributed by atoms with Crippen molar-refractivity contribution in [2.24, 2.45) is 0 Å². The summed E-state index contributed by atoms with van der Waals surface area (Å²) in [6, 6.07) is 18.2. The predicted octanol–water partition coefficient (Wildman–Crippen LogP) is 5.60. The van der Waals surface area contributed by atoms with Gasteiger partial charge in [-0.15, -0.1) is 0 Å². The molecule has 0 bridgehead atoms. The summed E-state index contributed by atoms with van der Waals surface area (Å²) < 4.78 is 26.3. The minimum atomic E-state index is -3.43. The van der Waals surface area contributed by atoms with Crippen molar-refractivity contribution >= 4 is 42.4 Å². The average Bonchev–Trinajstić information content (AvgIpc) is 3.27. The molecule has 0 aliphatic carbocycles. The fourth-order valence-corrected chi connectivity index (χ4v) is 6.12. The monoisotopic (exact) mass is 493 g/mol. The lowest BCUT2D eigenvalue weighted by Crippen LogP contribution is -2.30. The zero-order valence-corrected chi connectivity index (χ0v) is 20.8. The molecule has 0 fully saturated rings. The van der Waals surface area contributed by atoms with Gasteiger partial charge < -0.3 is 0 Å². The molecule has 0 unspecified atom stereocenters. The standard InChI is InChI=1S/C26H27N3O3S2/c1-19(2)22-12-6-13-23-25(22)28-26(33-23)29(18-20-9-7-15-27-17-20)24(30)14-8-16-34(31,32)21-10-4-3-5-11-21/h3-7,9-13,15,17,19H,8,14,16,18H2,1-2H3. The first-order chi connectivity index (χ1) is 16.3. The van der Waals surface area contributed by atoms with Crippen molar-refractivity contribution in [1.82, 2.24) is 9.97 Å². The van der Waals surface area contributed by atoms with Gasteiger partial charge in [0.2, 0.25) is 5.91 Å². The number of amides is 1. The number of aromatic nitrogens is 2. The van der Waals surface area contributed by atoms with E-state index >= 15 is 0 Å². The molecule has 0 atom stereocenters. The number of sulfone groups is 1. The number of thiazole rings is 1. The number of hydrogen-bond donors (Lipinski definition) is 0. The Hall–Kier alpha value is -3.10. The molecule has 176 valence electrons. The second-order valence-corrected chi connectivity index (χ2v) is 11.5.